The summed E-state index contributed by atoms with van der Waals surface area (Å²) in [5, 5.41) is 9.15. The van der Waals surface area contributed by atoms with E-state index in [9.17, 15) is 9.59 Å². The Bertz CT molecular complexity index is 659. The fraction of sp³-hybridized carbons (Fsp3) is 0.357. The first-order chi connectivity index (χ1) is 9.74. The van der Waals surface area contributed by atoms with Gasteiger partial charge in [0.25, 0.3) is 5.56 Å². The smallest absolute Gasteiger partial charge is 0.266 e. The summed E-state index contributed by atoms with van der Waals surface area (Å²) < 4.78 is 1.40. The van der Waals surface area contributed by atoms with E-state index in [1.807, 2.05) is 17.5 Å². The Hall–Kier alpha value is -1.95. The SMILES string of the molecule is O=C(NCCn1nc(-c2cccs2)ccc1=O)C1CC1. The molecular weight excluding hydrogens is 274 g/mol. The van der Waals surface area contributed by atoms with Crippen molar-refractivity contribution in [3.63, 3.8) is 0 Å². The third kappa shape index (κ3) is 2.96. The molecular formula is C14H15N3O2S. The molecule has 2 heterocycles. The number of carbonyl (C=O) groups is 1. The Morgan fingerprint density at radius 3 is 2.95 bits per heavy atom. The summed E-state index contributed by atoms with van der Waals surface area (Å²) in [4.78, 5) is 24.3. The molecule has 0 spiro atoms. The molecule has 0 radical (unpaired) electrons. The fourth-order valence-corrected chi connectivity index (χ4v) is 2.63. The number of nitrogens with zero attached hydrogens (tertiary/aromatic N) is 2. The van der Waals surface area contributed by atoms with Crippen molar-refractivity contribution >= 4 is 17.2 Å². The molecule has 2 aromatic rings. The Morgan fingerprint density at radius 2 is 2.25 bits per heavy atom. The van der Waals surface area contributed by atoms with Crippen LogP contribution < -0.4 is 10.9 Å². The lowest BCUT2D eigenvalue weighted by atomic mass is 10.3. The lowest BCUT2D eigenvalue weighted by molar-refractivity contribution is -0.122. The fourth-order valence-electron chi connectivity index (χ4n) is 1.94. The van der Waals surface area contributed by atoms with E-state index >= 15 is 0 Å². The monoisotopic (exact) mass is 289 g/mol. The highest BCUT2D eigenvalue weighted by Gasteiger charge is 2.29. The molecule has 0 aliphatic heterocycles. The molecule has 0 atom stereocenters. The van der Waals surface area contributed by atoms with Crippen LogP contribution in [-0.4, -0.2) is 22.2 Å². The molecule has 1 saturated carbocycles. The molecule has 0 aromatic carbocycles. The zero-order valence-electron chi connectivity index (χ0n) is 10.9. The predicted molar refractivity (Wildman–Crippen MR) is 77.5 cm³/mol. The average Bonchev–Trinajstić information content (AvgIpc) is 3.16. The number of carbonyl (C=O) groups excluding carboxylic acids is 1. The van der Waals surface area contributed by atoms with E-state index in [-0.39, 0.29) is 17.4 Å². The molecule has 0 unspecified atom stereocenters. The zero-order valence-corrected chi connectivity index (χ0v) is 11.7. The number of hydrogen-bond donors (Lipinski definition) is 1. The van der Waals surface area contributed by atoms with Gasteiger partial charge in [-0.2, -0.15) is 5.10 Å². The summed E-state index contributed by atoms with van der Waals surface area (Å²) in [7, 11) is 0. The molecule has 104 valence electrons. The van der Waals surface area contributed by atoms with Crippen LogP contribution in [-0.2, 0) is 11.3 Å². The summed E-state index contributed by atoms with van der Waals surface area (Å²) in [5.74, 6) is 0.282. The molecule has 1 amide bonds. The summed E-state index contributed by atoms with van der Waals surface area (Å²) >= 11 is 1.58. The second kappa shape index (κ2) is 5.58. The van der Waals surface area contributed by atoms with Crippen LogP contribution in [0, 0.1) is 5.92 Å². The maximum Gasteiger partial charge on any atom is 0.266 e. The molecule has 5 nitrogen and oxygen atoms in total. The highest BCUT2D eigenvalue weighted by molar-refractivity contribution is 7.13. The van der Waals surface area contributed by atoms with Crippen molar-refractivity contribution in [3.05, 3.63) is 40.0 Å². The minimum atomic E-state index is -0.147. The number of nitrogens with one attached hydrogen (secondary N) is 1. The second-order valence-corrected chi connectivity index (χ2v) is 5.77. The standard InChI is InChI=1S/C14H15N3O2S/c18-13-6-5-11(12-2-1-9-20-12)16-17(13)8-7-15-14(19)10-3-4-10/h1-2,5-6,9-10H,3-4,7-8H2,(H,15,19). The maximum atomic E-state index is 11.8. The number of aromatic nitrogens is 2. The summed E-state index contributed by atoms with van der Waals surface area (Å²) in [6.07, 6.45) is 1.97. The molecule has 1 aliphatic rings. The van der Waals surface area contributed by atoms with Crippen LogP contribution in [0.15, 0.2) is 34.4 Å². The van der Waals surface area contributed by atoms with Crippen LogP contribution in [0.4, 0.5) is 0 Å². The topological polar surface area (TPSA) is 64.0 Å². The van der Waals surface area contributed by atoms with Crippen molar-refractivity contribution in [2.24, 2.45) is 5.92 Å². The molecule has 6 heteroatoms. The lowest BCUT2D eigenvalue weighted by Crippen LogP contribution is -2.32. The lowest BCUT2D eigenvalue weighted by Gasteiger charge is -2.07. The van der Waals surface area contributed by atoms with Gasteiger partial charge in [-0.05, 0) is 30.4 Å². The van der Waals surface area contributed by atoms with Gasteiger partial charge in [-0.15, -0.1) is 11.3 Å². The van der Waals surface area contributed by atoms with E-state index in [0.29, 0.717) is 13.1 Å². The van der Waals surface area contributed by atoms with Crippen molar-refractivity contribution in [2.45, 2.75) is 19.4 Å². The first kappa shape index (κ1) is 13.1. The number of rotatable bonds is 5. The van der Waals surface area contributed by atoms with E-state index in [1.165, 1.54) is 10.7 Å². The van der Waals surface area contributed by atoms with Crippen LogP contribution in [0.5, 0.6) is 0 Å². The van der Waals surface area contributed by atoms with Gasteiger partial charge in [0.15, 0.2) is 0 Å². The Morgan fingerprint density at radius 1 is 1.40 bits per heavy atom. The van der Waals surface area contributed by atoms with Crippen molar-refractivity contribution in [2.75, 3.05) is 6.54 Å². The van der Waals surface area contributed by atoms with Gasteiger partial charge in [0.1, 0.15) is 5.69 Å². The highest BCUT2D eigenvalue weighted by Crippen LogP contribution is 2.28. The van der Waals surface area contributed by atoms with E-state index < -0.39 is 0 Å². The van der Waals surface area contributed by atoms with Crippen molar-refractivity contribution in [3.8, 4) is 10.6 Å². The van der Waals surface area contributed by atoms with Gasteiger partial charge in [0.05, 0.1) is 11.4 Å². The molecule has 1 fully saturated rings. The van der Waals surface area contributed by atoms with Gasteiger partial charge in [-0.1, -0.05) is 6.07 Å². The molecule has 2 aromatic heterocycles. The van der Waals surface area contributed by atoms with Crippen LogP contribution in [0.1, 0.15) is 12.8 Å². The van der Waals surface area contributed by atoms with Gasteiger partial charge in [0.2, 0.25) is 5.91 Å². The van der Waals surface area contributed by atoms with E-state index in [0.717, 1.165) is 23.4 Å². The van der Waals surface area contributed by atoms with Gasteiger partial charge in [-0.25, -0.2) is 4.68 Å². The first-order valence-corrected chi connectivity index (χ1v) is 7.52. The van der Waals surface area contributed by atoms with Gasteiger partial charge in [-0.3, -0.25) is 9.59 Å². The van der Waals surface area contributed by atoms with Gasteiger partial charge in [0, 0.05) is 18.5 Å². The van der Waals surface area contributed by atoms with Gasteiger partial charge < -0.3 is 5.32 Å². The third-order valence-corrected chi connectivity index (χ3v) is 4.10. The third-order valence-electron chi connectivity index (χ3n) is 3.21. The number of hydrogen-bond acceptors (Lipinski definition) is 4. The first-order valence-electron chi connectivity index (χ1n) is 6.64. The van der Waals surface area contributed by atoms with Crippen molar-refractivity contribution in [1.29, 1.82) is 0 Å². The summed E-state index contributed by atoms with van der Waals surface area (Å²) in [6.45, 7) is 0.840. The van der Waals surface area contributed by atoms with E-state index in [2.05, 4.69) is 10.4 Å². The summed E-state index contributed by atoms with van der Waals surface area (Å²) in [5.41, 5.74) is 0.638. The van der Waals surface area contributed by atoms with Crippen LogP contribution in [0.25, 0.3) is 10.6 Å². The highest BCUT2D eigenvalue weighted by atomic mass is 32.1. The minimum absolute atomic E-state index is 0.0902. The Balaban J connectivity index is 1.67. The maximum absolute atomic E-state index is 11.8. The number of thiophene rings is 1. The van der Waals surface area contributed by atoms with Crippen LogP contribution in [0.3, 0.4) is 0 Å². The van der Waals surface area contributed by atoms with E-state index in [1.54, 1.807) is 17.4 Å². The molecule has 0 bridgehead atoms. The summed E-state index contributed by atoms with van der Waals surface area (Å²) in [6, 6.07) is 7.17. The average molecular weight is 289 g/mol. The molecule has 1 aliphatic carbocycles. The Kier molecular flexibility index (Phi) is 3.64. The van der Waals surface area contributed by atoms with Crippen LogP contribution in [0.2, 0.25) is 0 Å². The minimum Gasteiger partial charge on any atom is -0.354 e. The predicted octanol–water partition coefficient (Wildman–Crippen LogP) is 1.50. The van der Waals surface area contributed by atoms with E-state index in [4.69, 9.17) is 0 Å². The quantitative estimate of drug-likeness (QED) is 0.907. The number of amides is 1. The zero-order chi connectivity index (χ0) is 13.9. The van der Waals surface area contributed by atoms with Gasteiger partial charge >= 0.3 is 0 Å². The molecule has 3 rings (SSSR count). The largest absolute Gasteiger partial charge is 0.354 e. The Labute approximate surface area is 120 Å². The molecule has 20 heavy (non-hydrogen) atoms. The van der Waals surface area contributed by atoms with Crippen molar-refractivity contribution < 1.29 is 4.79 Å². The van der Waals surface area contributed by atoms with Crippen molar-refractivity contribution in [1.82, 2.24) is 15.1 Å². The molecule has 0 saturated heterocycles. The normalized spacial score (nSPS) is 14.2. The van der Waals surface area contributed by atoms with Crippen LogP contribution >= 0.6 is 11.3 Å². The second-order valence-electron chi connectivity index (χ2n) is 4.82. The molecule has 1 N–H and O–H groups in total.